The predicted octanol–water partition coefficient (Wildman–Crippen LogP) is 3.25. The summed E-state index contributed by atoms with van der Waals surface area (Å²) in [5, 5.41) is 3.34. The second-order valence-corrected chi connectivity index (χ2v) is 4.64. The zero-order valence-electron chi connectivity index (χ0n) is 11.7. The van der Waals surface area contributed by atoms with Crippen molar-refractivity contribution >= 4 is 5.69 Å². The Morgan fingerprint density at radius 3 is 2.65 bits per heavy atom. The van der Waals surface area contributed by atoms with E-state index in [2.05, 4.69) is 5.32 Å². The van der Waals surface area contributed by atoms with Crippen LogP contribution in [-0.4, -0.2) is 13.7 Å². The lowest BCUT2D eigenvalue weighted by Gasteiger charge is -2.20. The van der Waals surface area contributed by atoms with Gasteiger partial charge in [-0.3, -0.25) is 0 Å². The number of methoxy groups -OCH3 is 1. The van der Waals surface area contributed by atoms with E-state index in [1.807, 2.05) is 30.3 Å². The van der Waals surface area contributed by atoms with Gasteiger partial charge in [-0.1, -0.05) is 24.3 Å². The van der Waals surface area contributed by atoms with Crippen LogP contribution in [0.2, 0.25) is 0 Å². The molecule has 0 saturated heterocycles. The molecule has 106 valence electrons. The van der Waals surface area contributed by atoms with Crippen molar-refractivity contribution in [2.24, 2.45) is 5.73 Å². The minimum atomic E-state index is -0.207. The number of aryl methyl sites for hydroxylation is 1. The van der Waals surface area contributed by atoms with Gasteiger partial charge in [0, 0.05) is 6.54 Å². The maximum atomic E-state index is 13.3. The average molecular weight is 274 g/mol. The van der Waals surface area contributed by atoms with Crippen LogP contribution >= 0.6 is 0 Å². The van der Waals surface area contributed by atoms with Crippen molar-refractivity contribution < 1.29 is 9.13 Å². The van der Waals surface area contributed by atoms with Crippen LogP contribution in [0.4, 0.5) is 10.1 Å². The quantitative estimate of drug-likeness (QED) is 0.879. The van der Waals surface area contributed by atoms with Crippen LogP contribution in [0.25, 0.3) is 0 Å². The summed E-state index contributed by atoms with van der Waals surface area (Å²) < 4.78 is 18.6. The largest absolute Gasteiger partial charge is 0.495 e. The molecule has 0 bridgehead atoms. The zero-order valence-corrected chi connectivity index (χ0v) is 11.7. The molecule has 0 saturated carbocycles. The third-order valence-corrected chi connectivity index (χ3v) is 3.26. The molecule has 0 aliphatic carbocycles. The molecule has 2 rings (SSSR count). The Labute approximate surface area is 118 Å². The van der Waals surface area contributed by atoms with Gasteiger partial charge >= 0.3 is 0 Å². The Morgan fingerprint density at radius 2 is 2.00 bits per heavy atom. The van der Waals surface area contributed by atoms with E-state index in [1.165, 1.54) is 6.07 Å². The Hall–Kier alpha value is -2.07. The highest BCUT2D eigenvalue weighted by Crippen LogP contribution is 2.28. The summed E-state index contributed by atoms with van der Waals surface area (Å²) in [6.45, 7) is 2.15. The van der Waals surface area contributed by atoms with Crippen molar-refractivity contribution in [2.45, 2.75) is 13.0 Å². The number of nitrogens with one attached hydrogen (secondary N) is 1. The fraction of sp³-hybridized carbons (Fsp3) is 0.250. The fourth-order valence-corrected chi connectivity index (χ4v) is 2.11. The molecule has 3 nitrogen and oxygen atoms in total. The Bertz CT molecular complexity index is 586. The van der Waals surface area contributed by atoms with Crippen molar-refractivity contribution in [3.63, 3.8) is 0 Å². The van der Waals surface area contributed by atoms with Gasteiger partial charge in [0.1, 0.15) is 11.6 Å². The molecule has 0 radical (unpaired) electrons. The van der Waals surface area contributed by atoms with Crippen LogP contribution in [0.15, 0.2) is 42.5 Å². The molecule has 0 amide bonds. The zero-order chi connectivity index (χ0) is 14.5. The van der Waals surface area contributed by atoms with E-state index in [0.29, 0.717) is 12.1 Å². The molecule has 0 heterocycles. The molecular formula is C16H19FN2O. The highest BCUT2D eigenvalue weighted by Gasteiger charge is 2.13. The normalized spacial score (nSPS) is 12.0. The van der Waals surface area contributed by atoms with E-state index in [9.17, 15) is 4.39 Å². The third-order valence-electron chi connectivity index (χ3n) is 3.26. The predicted molar refractivity (Wildman–Crippen MR) is 79.5 cm³/mol. The minimum Gasteiger partial charge on any atom is -0.495 e. The van der Waals surface area contributed by atoms with Gasteiger partial charge in [-0.2, -0.15) is 0 Å². The number of nitrogens with two attached hydrogens (primary N) is 1. The smallest absolute Gasteiger partial charge is 0.141 e. The van der Waals surface area contributed by atoms with Crippen LogP contribution in [-0.2, 0) is 0 Å². The first kappa shape index (κ1) is 14.3. The first-order chi connectivity index (χ1) is 9.65. The Morgan fingerprint density at radius 1 is 1.25 bits per heavy atom. The number of rotatable bonds is 5. The van der Waals surface area contributed by atoms with Gasteiger partial charge < -0.3 is 15.8 Å². The summed E-state index contributed by atoms with van der Waals surface area (Å²) in [7, 11) is 1.63. The molecule has 1 atom stereocenters. The van der Waals surface area contributed by atoms with E-state index in [1.54, 1.807) is 20.1 Å². The number of anilines is 1. The standard InChI is InChI=1S/C16H19FN2O/c1-11-9-12(7-8-13(11)17)15(10-18)19-14-5-3-4-6-16(14)20-2/h3-9,15,19H,10,18H2,1-2H3. The summed E-state index contributed by atoms with van der Waals surface area (Å²) >= 11 is 0. The van der Waals surface area contributed by atoms with Crippen molar-refractivity contribution in [3.8, 4) is 5.75 Å². The van der Waals surface area contributed by atoms with Crippen LogP contribution in [0.1, 0.15) is 17.2 Å². The summed E-state index contributed by atoms with van der Waals surface area (Å²) in [6, 6.07) is 12.6. The lowest BCUT2D eigenvalue weighted by molar-refractivity contribution is 0.416. The number of ether oxygens (including phenoxy) is 1. The first-order valence-corrected chi connectivity index (χ1v) is 6.51. The monoisotopic (exact) mass is 274 g/mol. The molecule has 0 fully saturated rings. The van der Waals surface area contributed by atoms with Gasteiger partial charge in [0.2, 0.25) is 0 Å². The maximum Gasteiger partial charge on any atom is 0.141 e. The summed E-state index contributed by atoms with van der Waals surface area (Å²) in [5.41, 5.74) is 8.27. The molecule has 4 heteroatoms. The first-order valence-electron chi connectivity index (χ1n) is 6.51. The van der Waals surface area contributed by atoms with Crippen LogP contribution in [0, 0.1) is 12.7 Å². The van der Waals surface area contributed by atoms with E-state index in [-0.39, 0.29) is 11.9 Å². The SMILES string of the molecule is COc1ccccc1NC(CN)c1ccc(F)c(C)c1. The second kappa shape index (κ2) is 6.39. The molecule has 0 aliphatic rings. The van der Waals surface area contributed by atoms with Crippen molar-refractivity contribution in [1.82, 2.24) is 0 Å². The third kappa shape index (κ3) is 3.08. The van der Waals surface area contributed by atoms with E-state index >= 15 is 0 Å². The summed E-state index contributed by atoms with van der Waals surface area (Å²) in [5.74, 6) is 0.548. The van der Waals surface area contributed by atoms with E-state index in [4.69, 9.17) is 10.5 Å². The van der Waals surface area contributed by atoms with Crippen LogP contribution < -0.4 is 15.8 Å². The van der Waals surface area contributed by atoms with Crippen LogP contribution in [0.5, 0.6) is 5.75 Å². The number of benzene rings is 2. The highest BCUT2D eigenvalue weighted by molar-refractivity contribution is 5.57. The van der Waals surface area contributed by atoms with E-state index < -0.39 is 0 Å². The molecule has 0 aliphatic heterocycles. The van der Waals surface area contributed by atoms with Crippen LogP contribution in [0.3, 0.4) is 0 Å². The number of halogens is 1. The van der Waals surface area contributed by atoms with Gasteiger partial charge in [-0.05, 0) is 36.2 Å². The minimum absolute atomic E-state index is 0.0920. The maximum absolute atomic E-state index is 13.3. The molecule has 20 heavy (non-hydrogen) atoms. The summed E-state index contributed by atoms with van der Waals surface area (Å²) in [6.07, 6.45) is 0. The number of para-hydroxylation sites is 2. The highest BCUT2D eigenvalue weighted by atomic mass is 19.1. The number of hydrogen-bond donors (Lipinski definition) is 2. The Kier molecular flexibility index (Phi) is 4.58. The molecule has 2 aromatic rings. The van der Waals surface area contributed by atoms with Gasteiger partial charge in [-0.25, -0.2) is 4.39 Å². The summed E-state index contributed by atoms with van der Waals surface area (Å²) in [4.78, 5) is 0. The van der Waals surface area contributed by atoms with E-state index in [0.717, 1.165) is 17.0 Å². The van der Waals surface area contributed by atoms with Gasteiger partial charge in [0.15, 0.2) is 0 Å². The van der Waals surface area contributed by atoms with Gasteiger partial charge in [0.25, 0.3) is 0 Å². The molecule has 0 spiro atoms. The number of hydrogen-bond acceptors (Lipinski definition) is 3. The molecular weight excluding hydrogens is 255 g/mol. The van der Waals surface area contributed by atoms with Gasteiger partial charge in [-0.15, -0.1) is 0 Å². The molecule has 0 aromatic heterocycles. The molecule has 2 aromatic carbocycles. The van der Waals surface area contributed by atoms with Gasteiger partial charge in [0.05, 0.1) is 18.8 Å². The topological polar surface area (TPSA) is 47.3 Å². The second-order valence-electron chi connectivity index (χ2n) is 4.64. The van der Waals surface area contributed by atoms with Crippen molar-refractivity contribution in [1.29, 1.82) is 0 Å². The molecule has 1 unspecified atom stereocenters. The fourth-order valence-electron chi connectivity index (χ4n) is 2.11. The lowest BCUT2D eigenvalue weighted by Crippen LogP contribution is -2.21. The lowest BCUT2D eigenvalue weighted by atomic mass is 10.0. The Balaban J connectivity index is 2.26. The van der Waals surface area contributed by atoms with Crippen molar-refractivity contribution in [3.05, 3.63) is 59.4 Å². The molecule has 3 N–H and O–H groups in total. The van der Waals surface area contributed by atoms with Crippen molar-refractivity contribution in [2.75, 3.05) is 19.0 Å². The average Bonchev–Trinajstić information content (AvgIpc) is 2.48.